The first kappa shape index (κ1) is 23.8. The standard InChI is InChI=1S/C27H29N3O3/c1-19-15-21(18-28)7-11-24(19)22-8-5-20(6-9-22)16-27(31)29-23-10-12-25(32-4)26(17-23)33-14-13-30(2)3/h5-12,15,17H,13-14,16H2,1-4H3,(H,29,31). The van der Waals surface area contributed by atoms with E-state index in [0.717, 1.165) is 28.8 Å². The van der Waals surface area contributed by atoms with Crippen LogP contribution in [0.4, 0.5) is 5.69 Å². The second kappa shape index (κ2) is 11.2. The van der Waals surface area contributed by atoms with Crippen LogP contribution in [-0.2, 0) is 11.2 Å². The summed E-state index contributed by atoms with van der Waals surface area (Å²) in [6, 6.07) is 21.1. The number of carbonyl (C=O) groups is 1. The first-order chi connectivity index (χ1) is 15.9. The highest BCUT2D eigenvalue weighted by Gasteiger charge is 2.10. The summed E-state index contributed by atoms with van der Waals surface area (Å²) >= 11 is 0. The molecule has 0 heterocycles. The van der Waals surface area contributed by atoms with Crippen LogP contribution in [0, 0.1) is 18.3 Å². The molecule has 170 valence electrons. The number of nitrogens with one attached hydrogen (secondary N) is 1. The number of carbonyl (C=O) groups excluding carboxylic acids is 1. The Balaban J connectivity index is 1.64. The lowest BCUT2D eigenvalue weighted by Crippen LogP contribution is -2.19. The largest absolute Gasteiger partial charge is 0.493 e. The summed E-state index contributed by atoms with van der Waals surface area (Å²) in [4.78, 5) is 14.6. The predicted molar refractivity (Wildman–Crippen MR) is 131 cm³/mol. The molecule has 1 amide bonds. The van der Waals surface area contributed by atoms with Crippen molar-refractivity contribution >= 4 is 11.6 Å². The number of nitriles is 1. The average molecular weight is 444 g/mol. The van der Waals surface area contributed by atoms with Gasteiger partial charge in [-0.15, -0.1) is 0 Å². The Bertz CT molecular complexity index is 1150. The van der Waals surface area contributed by atoms with Gasteiger partial charge in [-0.25, -0.2) is 0 Å². The van der Waals surface area contributed by atoms with Gasteiger partial charge in [-0.05, 0) is 67.5 Å². The van der Waals surface area contributed by atoms with Gasteiger partial charge in [0.15, 0.2) is 11.5 Å². The van der Waals surface area contributed by atoms with Crippen LogP contribution < -0.4 is 14.8 Å². The molecule has 0 saturated heterocycles. The summed E-state index contributed by atoms with van der Waals surface area (Å²) < 4.78 is 11.2. The molecular weight excluding hydrogens is 414 g/mol. The van der Waals surface area contributed by atoms with E-state index in [1.807, 2.05) is 68.4 Å². The molecule has 0 unspecified atom stereocenters. The van der Waals surface area contributed by atoms with Gasteiger partial charge >= 0.3 is 0 Å². The summed E-state index contributed by atoms with van der Waals surface area (Å²) in [5, 5.41) is 12.0. The predicted octanol–water partition coefficient (Wildman–Crippen LogP) is 4.66. The summed E-state index contributed by atoms with van der Waals surface area (Å²) in [5.41, 5.74) is 5.39. The van der Waals surface area contributed by atoms with Crippen molar-refractivity contribution in [2.75, 3.05) is 39.7 Å². The number of hydrogen-bond acceptors (Lipinski definition) is 5. The first-order valence-corrected chi connectivity index (χ1v) is 10.7. The Kier molecular flexibility index (Phi) is 8.06. The van der Waals surface area contributed by atoms with Crippen LogP contribution in [0.1, 0.15) is 16.7 Å². The van der Waals surface area contributed by atoms with Gasteiger partial charge in [0.2, 0.25) is 5.91 Å². The third-order valence-corrected chi connectivity index (χ3v) is 5.23. The number of amides is 1. The molecule has 6 heteroatoms. The monoisotopic (exact) mass is 443 g/mol. The molecule has 6 nitrogen and oxygen atoms in total. The number of ether oxygens (including phenoxy) is 2. The molecule has 0 aliphatic carbocycles. The number of rotatable bonds is 9. The number of methoxy groups -OCH3 is 1. The normalized spacial score (nSPS) is 10.5. The molecule has 0 radical (unpaired) electrons. The van der Waals surface area contributed by atoms with Crippen LogP contribution in [0.15, 0.2) is 60.7 Å². The van der Waals surface area contributed by atoms with E-state index in [9.17, 15) is 4.79 Å². The van der Waals surface area contributed by atoms with Gasteiger partial charge in [-0.3, -0.25) is 4.79 Å². The van der Waals surface area contributed by atoms with Crippen molar-refractivity contribution in [2.24, 2.45) is 0 Å². The van der Waals surface area contributed by atoms with Crippen LogP contribution in [0.3, 0.4) is 0 Å². The lowest BCUT2D eigenvalue weighted by molar-refractivity contribution is -0.115. The molecule has 0 atom stereocenters. The van der Waals surface area contributed by atoms with Crippen molar-refractivity contribution in [1.82, 2.24) is 4.90 Å². The van der Waals surface area contributed by atoms with Crippen LogP contribution >= 0.6 is 0 Å². The quantitative estimate of drug-likeness (QED) is 0.520. The molecule has 3 aromatic rings. The second-order valence-corrected chi connectivity index (χ2v) is 8.08. The maximum absolute atomic E-state index is 12.6. The molecule has 0 saturated carbocycles. The molecule has 33 heavy (non-hydrogen) atoms. The van der Waals surface area contributed by atoms with Gasteiger partial charge < -0.3 is 19.7 Å². The van der Waals surface area contributed by atoms with Crippen molar-refractivity contribution in [2.45, 2.75) is 13.3 Å². The maximum Gasteiger partial charge on any atom is 0.228 e. The van der Waals surface area contributed by atoms with Gasteiger partial charge in [0.1, 0.15) is 6.61 Å². The van der Waals surface area contributed by atoms with E-state index in [4.69, 9.17) is 14.7 Å². The topological polar surface area (TPSA) is 74.6 Å². The minimum atomic E-state index is -0.110. The molecular formula is C27H29N3O3. The van der Waals surface area contributed by atoms with Gasteiger partial charge in [-0.1, -0.05) is 30.3 Å². The smallest absolute Gasteiger partial charge is 0.228 e. The molecule has 0 bridgehead atoms. The average Bonchev–Trinajstić information content (AvgIpc) is 2.79. The highest BCUT2D eigenvalue weighted by Crippen LogP contribution is 2.30. The fourth-order valence-corrected chi connectivity index (χ4v) is 3.46. The Morgan fingerprint density at radius 3 is 2.42 bits per heavy atom. The maximum atomic E-state index is 12.6. The van der Waals surface area contributed by atoms with E-state index in [0.29, 0.717) is 29.4 Å². The summed E-state index contributed by atoms with van der Waals surface area (Å²) in [5.74, 6) is 1.11. The number of benzene rings is 3. The highest BCUT2D eigenvalue weighted by atomic mass is 16.5. The molecule has 0 aliphatic heterocycles. The zero-order valence-corrected chi connectivity index (χ0v) is 19.5. The van der Waals surface area contributed by atoms with E-state index in [-0.39, 0.29) is 12.3 Å². The molecule has 0 aliphatic rings. The molecule has 0 fully saturated rings. The van der Waals surface area contributed by atoms with E-state index in [1.54, 1.807) is 25.3 Å². The van der Waals surface area contributed by atoms with Crippen molar-refractivity contribution in [3.63, 3.8) is 0 Å². The third-order valence-electron chi connectivity index (χ3n) is 5.23. The van der Waals surface area contributed by atoms with Crippen LogP contribution in [-0.4, -0.2) is 45.2 Å². The number of hydrogen-bond donors (Lipinski definition) is 1. The minimum Gasteiger partial charge on any atom is -0.493 e. The van der Waals surface area contributed by atoms with E-state index in [2.05, 4.69) is 11.4 Å². The second-order valence-electron chi connectivity index (χ2n) is 8.08. The zero-order valence-electron chi connectivity index (χ0n) is 19.5. The van der Waals surface area contributed by atoms with Crippen molar-refractivity contribution in [3.05, 3.63) is 77.4 Å². The highest BCUT2D eigenvalue weighted by molar-refractivity contribution is 5.92. The van der Waals surface area contributed by atoms with Gasteiger partial charge in [0.25, 0.3) is 0 Å². The lowest BCUT2D eigenvalue weighted by atomic mass is 9.97. The Hall–Kier alpha value is -3.82. The fraction of sp³-hybridized carbons (Fsp3) is 0.259. The van der Waals surface area contributed by atoms with Crippen LogP contribution in [0.5, 0.6) is 11.5 Å². The Morgan fingerprint density at radius 2 is 1.79 bits per heavy atom. The lowest BCUT2D eigenvalue weighted by Gasteiger charge is -2.15. The SMILES string of the molecule is COc1ccc(NC(=O)Cc2ccc(-c3ccc(C#N)cc3C)cc2)cc1OCCN(C)C. The van der Waals surface area contributed by atoms with Gasteiger partial charge in [0, 0.05) is 18.3 Å². The van der Waals surface area contributed by atoms with Gasteiger partial charge in [0.05, 0.1) is 25.2 Å². The Labute approximate surface area is 195 Å². The summed E-state index contributed by atoms with van der Waals surface area (Å²) in [7, 11) is 5.56. The minimum absolute atomic E-state index is 0.110. The third kappa shape index (κ3) is 6.58. The number of likely N-dealkylation sites (N-methyl/N-ethyl adjacent to an activating group) is 1. The molecule has 3 aromatic carbocycles. The molecule has 0 aromatic heterocycles. The number of nitrogens with zero attached hydrogens (tertiary/aromatic N) is 2. The van der Waals surface area contributed by atoms with E-state index >= 15 is 0 Å². The molecule has 1 N–H and O–H groups in total. The van der Waals surface area contributed by atoms with Crippen molar-refractivity contribution < 1.29 is 14.3 Å². The molecule has 0 spiro atoms. The van der Waals surface area contributed by atoms with E-state index in [1.165, 1.54) is 0 Å². The number of anilines is 1. The zero-order chi connectivity index (χ0) is 23.8. The summed E-state index contributed by atoms with van der Waals surface area (Å²) in [6.07, 6.45) is 0.259. The van der Waals surface area contributed by atoms with Gasteiger partial charge in [-0.2, -0.15) is 5.26 Å². The Morgan fingerprint density at radius 1 is 1.03 bits per heavy atom. The van der Waals surface area contributed by atoms with Crippen LogP contribution in [0.2, 0.25) is 0 Å². The van der Waals surface area contributed by atoms with Crippen LogP contribution in [0.25, 0.3) is 11.1 Å². The number of aryl methyl sites for hydroxylation is 1. The summed E-state index contributed by atoms with van der Waals surface area (Å²) in [6.45, 7) is 3.29. The van der Waals surface area contributed by atoms with Crippen molar-refractivity contribution in [1.29, 1.82) is 5.26 Å². The van der Waals surface area contributed by atoms with Crippen molar-refractivity contribution in [3.8, 4) is 28.7 Å². The van der Waals surface area contributed by atoms with E-state index < -0.39 is 0 Å². The fourth-order valence-electron chi connectivity index (χ4n) is 3.46. The first-order valence-electron chi connectivity index (χ1n) is 10.7. The molecule has 3 rings (SSSR count).